The molecule has 2 N–H and O–H groups in total. The maximum absolute atomic E-state index is 12.9. The van der Waals surface area contributed by atoms with Gasteiger partial charge >= 0.3 is 0 Å². The Morgan fingerprint density at radius 2 is 1.71 bits per heavy atom. The van der Waals surface area contributed by atoms with Crippen molar-refractivity contribution in [3.8, 4) is 0 Å². The summed E-state index contributed by atoms with van der Waals surface area (Å²) in [5.41, 5.74) is 3.79. The molecule has 31 heavy (non-hydrogen) atoms. The van der Waals surface area contributed by atoms with E-state index in [9.17, 15) is 13.2 Å². The number of amides is 1. The summed E-state index contributed by atoms with van der Waals surface area (Å²) in [6.45, 7) is 8.03. The van der Waals surface area contributed by atoms with E-state index in [1.807, 2.05) is 48.9 Å². The van der Waals surface area contributed by atoms with E-state index >= 15 is 0 Å². The van der Waals surface area contributed by atoms with Crippen molar-refractivity contribution in [2.45, 2.75) is 51.7 Å². The Morgan fingerprint density at radius 3 is 2.39 bits per heavy atom. The molecule has 164 valence electrons. The summed E-state index contributed by atoms with van der Waals surface area (Å²) in [6, 6.07) is 16.3. The number of rotatable bonds is 8. The normalized spacial score (nSPS) is 11.6. The van der Waals surface area contributed by atoms with Crippen molar-refractivity contribution < 1.29 is 13.2 Å². The summed E-state index contributed by atoms with van der Waals surface area (Å²) in [6.07, 6.45) is 0. The molecule has 0 aliphatic rings. The molecular formula is C23H28N4O3S. The molecule has 0 radical (unpaired) electrons. The van der Waals surface area contributed by atoms with Gasteiger partial charge in [-0.25, -0.2) is 13.1 Å². The van der Waals surface area contributed by atoms with Crippen LogP contribution >= 0.6 is 0 Å². The van der Waals surface area contributed by atoms with Crippen LogP contribution in [0.2, 0.25) is 0 Å². The Kier molecular flexibility index (Phi) is 6.92. The third-order valence-corrected chi connectivity index (χ3v) is 6.49. The average molecular weight is 441 g/mol. The highest BCUT2D eigenvalue weighted by Gasteiger charge is 2.19. The standard InChI is InChI=1S/C23H28N4O3S/c1-16(2)26-31(29,30)21-12-8-11-20(13-21)14-24-23(28)22-17(3)25-27(18(22)4)15-19-9-6-5-7-10-19/h5-13,16,26H,14-15H2,1-4H3,(H,24,28). The molecule has 1 amide bonds. The Morgan fingerprint density at radius 1 is 1.03 bits per heavy atom. The third kappa shape index (κ3) is 5.59. The molecule has 3 rings (SSSR count). The van der Waals surface area contributed by atoms with Gasteiger partial charge in [-0.1, -0.05) is 42.5 Å². The van der Waals surface area contributed by atoms with Crippen LogP contribution < -0.4 is 10.0 Å². The van der Waals surface area contributed by atoms with Gasteiger partial charge in [0.25, 0.3) is 5.91 Å². The van der Waals surface area contributed by atoms with Gasteiger partial charge in [-0.2, -0.15) is 5.10 Å². The Hall–Kier alpha value is -2.97. The first-order valence-electron chi connectivity index (χ1n) is 10.1. The molecule has 0 atom stereocenters. The minimum absolute atomic E-state index is 0.177. The van der Waals surface area contributed by atoms with E-state index < -0.39 is 10.0 Å². The zero-order valence-corrected chi connectivity index (χ0v) is 19.0. The molecule has 0 bridgehead atoms. The van der Waals surface area contributed by atoms with E-state index in [1.165, 1.54) is 6.07 Å². The van der Waals surface area contributed by atoms with Crippen molar-refractivity contribution in [2.75, 3.05) is 0 Å². The fraction of sp³-hybridized carbons (Fsp3) is 0.304. The zero-order chi connectivity index (χ0) is 22.6. The van der Waals surface area contributed by atoms with Gasteiger partial charge in [0.2, 0.25) is 10.0 Å². The monoisotopic (exact) mass is 440 g/mol. The van der Waals surface area contributed by atoms with Crippen molar-refractivity contribution in [3.63, 3.8) is 0 Å². The SMILES string of the molecule is Cc1nn(Cc2ccccc2)c(C)c1C(=O)NCc1cccc(S(=O)(=O)NC(C)C)c1. The number of sulfonamides is 1. The van der Waals surface area contributed by atoms with Crippen molar-refractivity contribution in [2.24, 2.45) is 0 Å². The number of hydrogen-bond acceptors (Lipinski definition) is 4. The van der Waals surface area contributed by atoms with Crippen molar-refractivity contribution in [3.05, 3.63) is 82.7 Å². The summed E-state index contributed by atoms with van der Waals surface area (Å²) < 4.78 is 29.2. The van der Waals surface area contributed by atoms with Crippen LogP contribution in [0.5, 0.6) is 0 Å². The molecule has 0 fully saturated rings. The number of hydrogen-bond donors (Lipinski definition) is 2. The van der Waals surface area contributed by atoms with Crippen LogP contribution in [0.25, 0.3) is 0 Å². The van der Waals surface area contributed by atoms with Crippen LogP contribution in [-0.4, -0.2) is 30.1 Å². The number of aryl methyl sites for hydroxylation is 1. The van der Waals surface area contributed by atoms with E-state index in [1.54, 1.807) is 32.0 Å². The molecule has 0 saturated heterocycles. The first-order chi connectivity index (χ1) is 14.7. The number of benzene rings is 2. The van der Waals surface area contributed by atoms with Gasteiger partial charge < -0.3 is 5.32 Å². The second kappa shape index (κ2) is 9.45. The van der Waals surface area contributed by atoms with Crippen molar-refractivity contribution in [1.29, 1.82) is 0 Å². The van der Waals surface area contributed by atoms with E-state index in [0.29, 0.717) is 23.4 Å². The van der Waals surface area contributed by atoms with Crippen LogP contribution in [0, 0.1) is 13.8 Å². The van der Waals surface area contributed by atoms with Gasteiger partial charge in [0.05, 0.1) is 22.7 Å². The smallest absolute Gasteiger partial charge is 0.255 e. The molecule has 3 aromatic rings. The van der Waals surface area contributed by atoms with E-state index in [2.05, 4.69) is 15.1 Å². The molecule has 0 unspecified atom stereocenters. The topological polar surface area (TPSA) is 93.1 Å². The van der Waals surface area contributed by atoms with Gasteiger partial charge in [0.1, 0.15) is 0 Å². The number of aromatic nitrogens is 2. The molecule has 8 heteroatoms. The first-order valence-corrected chi connectivity index (χ1v) is 11.6. The Bertz CT molecular complexity index is 1170. The molecule has 0 aliphatic heterocycles. The maximum Gasteiger partial charge on any atom is 0.255 e. The van der Waals surface area contributed by atoms with Crippen LogP contribution in [-0.2, 0) is 23.1 Å². The van der Waals surface area contributed by atoms with E-state index in [-0.39, 0.29) is 23.4 Å². The van der Waals surface area contributed by atoms with Crippen LogP contribution in [0.15, 0.2) is 59.5 Å². The van der Waals surface area contributed by atoms with Gasteiger partial charge in [0.15, 0.2) is 0 Å². The number of nitrogens with zero attached hydrogens (tertiary/aromatic N) is 2. The lowest BCUT2D eigenvalue weighted by Gasteiger charge is -2.11. The molecule has 0 spiro atoms. The number of nitrogens with one attached hydrogen (secondary N) is 2. The molecule has 1 heterocycles. The van der Waals surface area contributed by atoms with Crippen molar-refractivity contribution >= 4 is 15.9 Å². The van der Waals surface area contributed by atoms with Gasteiger partial charge in [0, 0.05) is 18.3 Å². The quantitative estimate of drug-likeness (QED) is 0.563. The Balaban J connectivity index is 1.72. The zero-order valence-electron chi connectivity index (χ0n) is 18.2. The summed E-state index contributed by atoms with van der Waals surface area (Å²) in [4.78, 5) is 13.0. The Labute approximate surface area is 183 Å². The molecule has 0 saturated carbocycles. The fourth-order valence-corrected chi connectivity index (χ4v) is 4.73. The maximum atomic E-state index is 12.9. The van der Waals surface area contributed by atoms with Gasteiger partial charge in [-0.05, 0) is 51.0 Å². The summed E-state index contributed by atoms with van der Waals surface area (Å²) in [7, 11) is -3.59. The van der Waals surface area contributed by atoms with Crippen LogP contribution in [0.3, 0.4) is 0 Å². The lowest BCUT2D eigenvalue weighted by molar-refractivity contribution is 0.0949. The predicted octanol–water partition coefficient (Wildman–Crippen LogP) is 3.16. The van der Waals surface area contributed by atoms with Gasteiger partial charge in [-0.3, -0.25) is 9.48 Å². The van der Waals surface area contributed by atoms with Crippen LogP contribution in [0.1, 0.15) is 46.7 Å². The largest absolute Gasteiger partial charge is 0.348 e. The number of carbonyl (C=O) groups is 1. The van der Waals surface area contributed by atoms with E-state index in [0.717, 1.165) is 11.3 Å². The summed E-state index contributed by atoms with van der Waals surface area (Å²) in [5, 5.41) is 7.41. The second-order valence-corrected chi connectivity index (χ2v) is 9.51. The summed E-state index contributed by atoms with van der Waals surface area (Å²) >= 11 is 0. The highest BCUT2D eigenvalue weighted by molar-refractivity contribution is 7.89. The van der Waals surface area contributed by atoms with Gasteiger partial charge in [-0.15, -0.1) is 0 Å². The van der Waals surface area contributed by atoms with Crippen molar-refractivity contribution in [1.82, 2.24) is 19.8 Å². The minimum atomic E-state index is -3.59. The first kappa shape index (κ1) is 22.7. The lowest BCUT2D eigenvalue weighted by atomic mass is 10.1. The highest BCUT2D eigenvalue weighted by atomic mass is 32.2. The minimum Gasteiger partial charge on any atom is -0.348 e. The summed E-state index contributed by atoms with van der Waals surface area (Å²) in [5.74, 6) is -0.233. The number of carbonyl (C=O) groups excluding carboxylic acids is 1. The third-order valence-electron chi connectivity index (χ3n) is 4.84. The second-order valence-electron chi connectivity index (χ2n) is 7.80. The van der Waals surface area contributed by atoms with E-state index in [4.69, 9.17) is 0 Å². The molecule has 7 nitrogen and oxygen atoms in total. The molecular weight excluding hydrogens is 412 g/mol. The average Bonchev–Trinajstić information content (AvgIpc) is 2.99. The molecule has 1 aromatic heterocycles. The molecule has 2 aromatic carbocycles. The molecule has 0 aliphatic carbocycles. The predicted molar refractivity (Wildman–Crippen MR) is 120 cm³/mol. The van der Waals surface area contributed by atoms with Crippen LogP contribution in [0.4, 0.5) is 0 Å². The highest BCUT2D eigenvalue weighted by Crippen LogP contribution is 2.16. The fourth-order valence-electron chi connectivity index (χ4n) is 3.41. The lowest BCUT2D eigenvalue weighted by Crippen LogP contribution is -2.30.